The Kier molecular flexibility index (Phi) is 4.34. The SMILES string of the molecule is CC(C)=C/C(C#N)=C(\C)c1ccc(Cl)cc1. The Balaban J connectivity index is 3.21. The number of benzene rings is 1. The molecule has 1 aromatic rings. The summed E-state index contributed by atoms with van der Waals surface area (Å²) in [6, 6.07) is 9.73. The summed E-state index contributed by atoms with van der Waals surface area (Å²) in [6.45, 7) is 5.90. The first-order valence-electron chi connectivity index (χ1n) is 5.06. The van der Waals surface area contributed by atoms with Crippen molar-refractivity contribution in [2.75, 3.05) is 0 Å². The number of allylic oxidation sites excluding steroid dienone is 4. The first-order valence-corrected chi connectivity index (χ1v) is 5.44. The van der Waals surface area contributed by atoms with Gasteiger partial charge in [-0.1, -0.05) is 29.3 Å². The summed E-state index contributed by atoms with van der Waals surface area (Å²) in [5, 5.41) is 9.79. The van der Waals surface area contributed by atoms with Crippen LogP contribution in [0.1, 0.15) is 26.3 Å². The fourth-order valence-electron chi connectivity index (χ4n) is 1.37. The molecule has 16 heavy (non-hydrogen) atoms. The molecule has 1 rings (SSSR count). The van der Waals surface area contributed by atoms with Crippen LogP contribution in [0.3, 0.4) is 0 Å². The smallest absolute Gasteiger partial charge is 0.0994 e. The zero-order valence-corrected chi connectivity index (χ0v) is 10.5. The fourth-order valence-corrected chi connectivity index (χ4v) is 1.49. The van der Waals surface area contributed by atoms with Crippen molar-refractivity contribution < 1.29 is 0 Å². The largest absolute Gasteiger partial charge is 0.192 e. The predicted octanol–water partition coefficient (Wildman–Crippen LogP) is 4.60. The van der Waals surface area contributed by atoms with Gasteiger partial charge in [-0.2, -0.15) is 5.26 Å². The molecule has 0 bridgehead atoms. The summed E-state index contributed by atoms with van der Waals surface area (Å²) < 4.78 is 0. The molecule has 1 nitrogen and oxygen atoms in total. The Hall–Kier alpha value is -1.52. The van der Waals surface area contributed by atoms with Crippen molar-refractivity contribution in [1.29, 1.82) is 5.26 Å². The van der Waals surface area contributed by atoms with Crippen LogP contribution in [0.5, 0.6) is 0 Å². The van der Waals surface area contributed by atoms with Gasteiger partial charge in [0.25, 0.3) is 0 Å². The third-order valence-electron chi connectivity index (χ3n) is 2.23. The zero-order chi connectivity index (χ0) is 12.1. The Morgan fingerprint density at radius 2 is 1.75 bits per heavy atom. The van der Waals surface area contributed by atoms with Crippen molar-refractivity contribution in [2.45, 2.75) is 20.8 Å². The molecule has 0 N–H and O–H groups in total. The van der Waals surface area contributed by atoms with E-state index in [1.54, 1.807) is 0 Å². The second kappa shape index (κ2) is 5.53. The molecule has 0 aliphatic heterocycles. The second-order valence-electron chi connectivity index (χ2n) is 3.88. The minimum absolute atomic E-state index is 0.697. The normalized spacial score (nSPS) is 11.4. The van der Waals surface area contributed by atoms with E-state index in [1.165, 1.54) is 0 Å². The highest BCUT2D eigenvalue weighted by Gasteiger charge is 2.02. The fraction of sp³-hybridized carbons (Fsp3) is 0.214. The molecule has 0 heterocycles. The second-order valence-corrected chi connectivity index (χ2v) is 4.32. The molecule has 0 aromatic heterocycles. The summed E-state index contributed by atoms with van der Waals surface area (Å²) in [4.78, 5) is 0. The van der Waals surface area contributed by atoms with Crippen molar-refractivity contribution in [1.82, 2.24) is 0 Å². The quantitative estimate of drug-likeness (QED) is 0.539. The number of rotatable bonds is 2. The van der Waals surface area contributed by atoms with Crippen molar-refractivity contribution in [3.63, 3.8) is 0 Å². The Labute approximate surface area is 102 Å². The van der Waals surface area contributed by atoms with Gasteiger partial charge < -0.3 is 0 Å². The standard InChI is InChI=1S/C14H14ClN/c1-10(2)8-13(9-16)11(3)12-4-6-14(15)7-5-12/h4-8H,1-3H3/b13-11-. The Morgan fingerprint density at radius 3 is 2.19 bits per heavy atom. The molecule has 0 fully saturated rings. The third-order valence-corrected chi connectivity index (χ3v) is 2.49. The maximum absolute atomic E-state index is 9.08. The van der Waals surface area contributed by atoms with Crippen LogP contribution in [0, 0.1) is 11.3 Å². The first-order chi connectivity index (χ1) is 7.54. The lowest BCUT2D eigenvalue weighted by atomic mass is 10.0. The van der Waals surface area contributed by atoms with Gasteiger partial charge in [-0.05, 0) is 50.1 Å². The summed E-state index contributed by atoms with van der Waals surface area (Å²) >= 11 is 5.82. The lowest BCUT2D eigenvalue weighted by Gasteiger charge is -2.03. The van der Waals surface area contributed by atoms with Crippen LogP contribution >= 0.6 is 11.6 Å². The first kappa shape index (κ1) is 12.5. The van der Waals surface area contributed by atoms with Gasteiger partial charge >= 0.3 is 0 Å². The van der Waals surface area contributed by atoms with Crippen molar-refractivity contribution >= 4 is 17.2 Å². The average Bonchev–Trinajstić information content (AvgIpc) is 2.25. The van der Waals surface area contributed by atoms with Crippen molar-refractivity contribution in [3.05, 3.63) is 52.1 Å². The molecule has 1 aromatic carbocycles. The highest BCUT2D eigenvalue weighted by atomic mass is 35.5. The van der Waals surface area contributed by atoms with E-state index in [9.17, 15) is 0 Å². The van der Waals surface area contributed by atoms with E-state index in [2.05, 4.69) is 6.07 Å². The highest BCUT2D eigenvalue weighted by Crippen LogP contribution is 2.21. The van der Waals surface area contributed by atoms with Crippen LogP contribution in [0.2, 0.25) is 5.02 Å². The monoisotopic (exact) mass is 231 g/mol. The third kappa shape index (κ3) is 3.25. The van der Waals surface area contributed by atoms with E-state index < -0.39 is 0 Å². The number of hydrogen-bond donors (Lipinski definition) is 0. The van der Waals surface area contributed by atoms with E-state index in [-0.39, 0.29) is 0 Å². The maximum atomic E-state index is 9.08. The van der Waals surface area contributed by atoms with Crippen LogP contribution in [0.25, 0.3) is 5.57 Å². The van der Waals surface area contributed by atoms with Crippen LogP contribution in [0.15, 0.2) is 41.5 Å². The molecule has 2 heteroatoms. The molecule has 0 saturated heterocycles. The van der Waals surface area contributed by atoms with Crippen LogP contribution in [0.4, 0.5) is 0 Å². The molecule has 82 valence electrons. The molecule has 0 saturated carbocycles. The van der Waals surface area contributed by atoms with E-state index in [1.807, 2.05) is 51.1 Å². The molecule has 0 aliphatic carbocycles. The molecule has 0 spiro atoms. The molecule has 0 unspecified atom stereocenters. The summed E-state index contributed by atoms with van der Waals surface area (Å²) in [5.74, 6) is 0. The number of nitrogens with zero attached hydrogens (tertiary/aromatic N) is 1. The van der Waals surface area contributed by atoms with Gasteiger partial charge in [-0.3, -0.25) is 0 Å². The van der Waals surface area contributed by atoms with Gasteiger partial charge in [0.1, 0.15) is 0 Å². The van der Waals surface area contributed by atoms with Crippen LogP contribution < -0.4 is 0 Å². The van der Waals surface area contributed by atoms with E-state index in [0.717, 1.165) is 16.7 Å². The zero-order valence-electron chi connectivity index (χ0n) is 9.71. The minimum atomic E-state index is 0.697. The van der Waals surface area contributed by atoms with Gasteiger partial charge in [-0.25, -0.2) is 0 Å². The van der Waals surface area contributed by atoms with Gasteiger partial charge in [0.2, 0.25) is 0 Å². The van der Waals surface area contributed by atoms with E-state index in [4.69, 9.17) is 16.9 Å². The number of hydrogen-bond acceptors (Lipinski definition) is 1. The number of halogens is 1. The van der Waals surface area contributed by atoms with Gasteiger partial charge in [-0.15, -0.1) is 0 Å². The molecular formula is C14H14ClN. The Bertz CT molecular complexity index is 468. The minimum Gasteiger partial charge on any atom is -0.192 e. The van der Waals surface area contributed by atoms with Crippen molar-refractivity contribution in [2.24, 2.45) is 0 Å². The lowest BCUT2D eigenvalue weighted by molar-refractivity contribution is 1.36. The van der Waals surface area contributed by atoms with Crippen LogP contribution in [-0.2, 0) is 0 Å². The van der Waals surface area contributed by atoms with Gasteiger partial charge in [0.15, 0.2) is 0 Å². The maximum Gasteiger partial charge on any atom is 0.0994 e. The highest BCUT2D eigenvalue weighted by molar-refractivity contribution is 6.30. The molecule has 0 amide bonds. The van der Waals surface area contributed by atoms with Gasteiger partial charge in [0.05, 0.1) is 11.6 Å². The summed E-state index contributed by atoms with van der Waals surface area (Å²) in [5.41, 5.74) is 3.81. The molecular weight excluding hydrogens is 218 g/mol. The summed E-state index contributed by atoms with van der Waals surface area (Å²) in [7, 11) is 0. The Morgan fingerprint density at radius 1 is 1.19 bits per heavy atom. The summed E-state index contributed by atoms with van der Waals surface area (Å²) in [6.07, 6.45) is 1.89. The molecule has 0 aliphatic rings. The predicted molar refractivity (Wildman–Crippen MR) is 69.1 cm³/mol. The van der Waals surface area contributed by atoms with E-state index >= 15 is 0 Å². The number of nitriles is 1. The van der Waals surface area contributed by atoms with Gasteiger partial charge in [0, 0.05) is 5.02 Å². The average molecular weight is 232 g/mol. The topological polar surface area (TPSA) is 23.8 Å². The lowest BCUT2D eigenvalue weighted by Crippen LogP contribution is -1.85. The van der Waals surface area contributed by atoms with Crippen molar-refractivity contribution in [3.8, 4) is 6.07 Å². The molecule has 0 atom stereocenters. The van der Waals surface area contributed by atoms with E-state index in [0.29, 0.717) is 10.6 Å². The molecule has 0 radical (unpaired) electrons. The van der Waals surface area contributed by atoms with Crippen LogP contribution in [-0.4, -0.2) is 0 Å².